The van der Waals surface area contributed by atoms with Crippen molar-refractivity contribution in [1.29, 1.82) is 0 Å². The predicted molar refractivity (Wildman–Crippen MR) is 88.9 cm³/mol. The molecule has 1 saturated heterocycles. The van der Waals surface area contributed by atoms with Gasteiger partial charge in [-0.2, -0.15) is 0 Å². The Bertz CT molecular complexity index is 544. The second kappa shape index (κ2) is 7.11. The summed E-state index contributed by atoms with van der Waals surface area (Å²) >= 11 is 0. The Hall–Kier alpha value is -2.30. The normalized spacial score (nSPS) is 14.9. The molecule has 0 aliphatic carbocycles. The van der Waals surface area contributed by atoms with Crippen LogP contribution in [0.4, 0.5) is 11.4 Å². The molecular formula is C17H23N3O2. The van der Waals surface area contributed by atoms with Gasteiger partial charge >= 0.3 is 0 Å². The van der Waals surface area contributed by atoms with E-state index in [-0.39, 0.29) is 17.7 Å². The summed E-state index contributed by atoms with van der Waals surface area (Å²) in [7, 11) is 0. The lowest BCUT2D eigenvalue weighted by molar-refractivity contribution is -0.134. The Morgan fingerprint density at radius 1 is 1.14 bits per heavy atom. The van der Waals surface area contributed by atoms with Crippen LogP contribution in [0.3, 0.4) is 0 Å². The molecular weight excluding hydrogens is 278 g/mol. The lowest BCUT2D eigenvalue weighted by atomic mass is 10.1. The van der Waals surface area contributed by atoms with Crippen molar-refractivity contribution in [3.63, 3.8) is 0 Å². The molecule has 0 radical (unpaired) electrons. The summed E-state index contributed by atoms with van der Waals surface area (Å²) in [5.41, 5.74) is 1.86. The van der Waals surface area contributed by atoms with Crippen molar-refractivity contribution in [2.45, 2.75) is 13.8 Å². The molecule has 1 aromatic carbocycles. The minimum absolute atomic E-state index is 0.0549. The lowest BCUT2D eigenvalue weighted by Crippen LogP contribution is -2.49. The fraction of sp³-hybridized carbons (Fsp3) is 0.412. The van der Waals surface area contributed by atoms with Crippen LogP contribution in [0.15, 0.2) is 36.9 Å². The Kier molecular flexibility index (Phi) is 5.20. The highest BCUT2D eigenvalue weighted by Crippen LogP contribution is 2.20. The third kappa shape index (κ3) is 3.87. The number of hydrogen-bond acceptors (Lipinski definition) is 3. The summed E-state index contributed by atoms with van der Waals surface area (Å²) in [5.74, 6) is 0.0648. The van der Waals surface area contributed by atoms with E-state index < -0.39 is 0 Å². The SMILES string of the molecule is C=CC(=O)Nc1ccc(N2CCN(C(=O)C(C)C)CC2)cc1. The molecule has 1 aliphatic rings. The van der Waals surface area contributed by atoms with Crippen molar-refractivity contribution in [2.24, 2.45) is 5.92 Å². The molecule has 0 unspecified atom stereocenters. The van der Waals surface area contributed by atoms with E-state index in [1.165, 1.54) is 6.08 Å². The number of carbonyl (C=O) groups is 2. The van der Waals surface area contributed by atoms with Gasteiger partial charge in [0.05, 0.1) is 0 Å². The quantitative estimate of drug-likeness (QED) is 0.867. The maximum atomic E-state index is 12.0. The van der Waals surface area contributed by atoms with E-state index in [2.05, 4.69) is 16.8 Å². The van der Waals surface area contributed by atoms with Crippen molar-refractivity contribution >= 4 is 23.2 Å². The third-order valence-electron chi connectivity index (χ3n) is 3.77. The first kappa shape index (κ1) is 16.1. The van der Waals surface area contributed by atoms with Crippen LogP contribution in [0.25, 0.3) is 0 Å². The van der Waals surface area contributed by atoms with Gasteiger partial charge in [-0.25, -0.2) is 0 Å². The summed E-state index contributed by atoms with van der Waals surface area (Å²) in [5, 5.41) is 2.73. The summed E-state index contributed by atoms with van der Waals surface area (Å²) in [4.78, 5) is 27.4. The highest BCUT2D eigenvalue weighted by atomic mass is 16.2. The van der Waals surface area contributed by atoms with Crippen LogP contribution in [-0.4, -0.2) is 42.9 Å². The highest BCUT2D eigenvalue weighted by Gasteiger charge is 2.22. The van der Waals surface area contributed by atoms with Crippen LogP contribution in [0.1, 0.15) is 13.8 Å². The Morgan fingerprint density at radius 3 is 2.23 bits per heavy atom. The second-order valence-electron chi connectivity index (χ2n) is 5.71. The molecule has 1 fully saturated rings. The van der Waals surface area contributed by atoms with Crippen LogP contribution in [0, 0.1) is 5.92 Å². The molecule has 5 nitrogen and oxygen atoms in total. The fourth-order valence-electron chi connectivity index (χ4n) is 2.50. The smallest absolute Gasteiger partial charge is 0.247 e. The van der Waals surface area contributed by atoms with Crippen molar-refractivity contribution in [2.75, 3.05) is 36.4 Å². The van der Waals surface area contributed by atoms with Crippen LogP contribution in [0.2, 0.25) is 0 Å². The lowest BCUT2D eigenvalue weighted by Gasteiger charge is -2.37. The van der Waals surface area contributed by atoms with E-state index in [9.17, 15) is 9.59 Å². The summed E-state index contributed by atoms with van der Waals surface area (Å²) < 4.78 is 0. The van der Waals surface area contributed by atoms with Gasteiger partial charge in [-0.3, -0.25) is 9.59 Å². The van der Waals surface area contributed by atoms with Crippen molar-refractivity contribution in [1.82, 2.24) is 4.90 Å². The van der Waals surface area contributed by atoms with Crippen molar-refractivity contribution in [3.05, 3.63) is 36.9 Å². The second-order valence-corrected chi connectivity index (χ2v) is 5.71. The summed E-state index contributed by atoms with van der Waals surface area (Å²) in [6, 6.07) is 7.72. The van der Waals surface area contributed by atoms with Gasteiger partial charge in [-0.15, -0.1) is 0 Å². The number of anilines is 2. The van der Waals surface area contributed by atoms with Gasteiger partial charge in [0.1, 0.15) is 0 Å². The number of nitrogens with one attached hydrogen (secondary N) is 1. The van der Waals surface area contributed by atoms with Gasteiger partial charge in [0.25, 0.3) is 0 Å². The van der Waals surface area contributed by atoms with Crippen molar-refractivity contribution < 1.29 is 9.59 Å². The Morgan fingerprint density at radius 2 is 1.73 bits per heavy atom. The van der Waals surface area contributed by atoms with Gasteiger partial charge in [0.2, 0.25) is 11.8 Å². The van der Waals surface area contributed by atoms with Gasteiger partial charge in [0, 0.05) is 43.5 Å². The molecule has 0 spiro atoms. The first-order valence-electron chi connectivity index (χ1n) is 7.58. The average Bonchev–Trinajstić information content (AvgIpc) is 2.55. The third-order valence-corrected chi connectivity index (χ3v) is 3.77. The van der Waals surface area contributed by atoms with E-state index >= 15 is 0 Å². The zero-order valence-electron chi connectivity index (χ0n) is 13.2. The summed E-state index contributed by atoms with van der Waals surface area (Å²) in [6.07, 6.45) is 1.25. The number of benzene rings is 1. The molecule has 0 saturated carbocycles. The maximum absolute atomic E-state index is 12.0. The first-order valence-corrected chi connectivity index (χ1v) is 7.58. The minimum Gasteiger partial charge on any atom is -0.368 e. The van der Waals surface area contributed by atoms with Gasteiger partial charge in [0.15, 0.2) is 0 Å². The number of nitrogens with zero attached hydrogens (tertiary/aromatic N) is 2. The van der Waals surface area contributed by atoms with E-state index in [1.54, 1.807) is 0 Å². The first-order chi connectivity index (χ1) is 10.5. The number of rotatable bonds is 4. The van der Waals surface area contributed by atoms with Gasteiger partial charge < -0.3 is 15.1 Å². The number of piperazine rings is 1. The van der Waals surface area contributed by atoms with E-state index in [0.717, 1.165) is 37.6 Å². The average molecular weight is 301 g/mol. The van der Waals surface area contributed by atoms with Crippen LogP contribution < -0.4 is 10.2 Å². The number of amides is 2. The largest absolute Gasteiger partial charge is 0.368 e. The Balaban J connectivity index is 1.93. The van der Waals surface area contributed by atoms with E-state index in [4.69, 9.17) is 0 Å². The molecule has 0 bridgehead atoms. The Labute approximate surface area is 131 Å². The molecule has 2 rings (SSSR count). The van der Waals surface area contributed by atoms with Crippen LogP contribution in [0.5, 0.6) is 0 Å². The van der Waals surface area contributed by atoms with Crippen molar-refractivity contribution in [3.8, 4) is 0 Å². The molecule has 1 aliphatic heterocycles. The maximum Gasteiger partial charge on any atom is 0.247 e. The van der Waals surface area contributed by atoms with E-state index in [0.29, 0.717) is 0 Å². The standard InChI is InChI=1S/C17H23N3O2/c1-4-16(21)18-14-5-7-15(8-6-14)19-9-11-20(12-10-19)17(22)13(2)3/h4-8,13H,1,9-12H2,2-3H3,(H,18,21). The number of carbonyl (C=O) groups excluding carboxylic acids is 2. The van der Waals surface area contributed by atoms with E-state index in [1.807, 2.05) is 43.0 Å². The molecule has 1 N–H and O–H groups in total. The fourth-order valence-corrected chi connectivity index (χ4v) is 2.50. The molecule has 118 valence electrons. The molecule has 0 atom stereocenters. The van der Waals surface area contributed by atoms with Gasteiger partial charge in [-0.1, -0.05) is 20.4 Å². The molecule has 1 aromatic rings. The number of hydrogen-bond donors (Lipinski definition) is 1. The van der Waals surface area contributed by atoms with Gasteiger partial charge in [-0.05, 0) is 30.3 Å². The molecule has 22 heavy (non-hydrogen) atoms. The monoisotopic (exact) mass is 301 g/mol. The van der Waals surface area contributed by atoms with Crippen LogP contribution >= 0.6 is 0 Å². The zero-order valence-corrected chi connectivity index (χ0v) is 13.2. The summed E-state index contributed by atoms with van der Waals surface area (Å²) in [6.45, 7) is 10.5. The van der Waals surface area contributed by atoms with Crippen LogP contribution in [-0.2, 0) is 9.59 Å². The molecule has 0 aromatic heterocycles. The minimum atomic E-state index is -0.214. The molecule has 2 amide bonds. The zero-order chi connectivity index (χ0) is 16.1. The highest BCUT2D eigenvalue weighted by molar-refractivity contribution is 5.98. The molecule has 1 heterocycles. The topological polar surface area (TPSA) is 52.7 Å². The predicted octanol–water partition coefficient (Wildman–Crippen LogP) is 2.12. The molecule has 5 heteroatoms.